The van der Waals surface area contributed by atoms with Gasteiger partial charge in [-0.25, -0.2) is 4.79 Å². The number of aliphatic imine (C=N–C) groups is 1. The number of carbonyl (C=O) groups excluding carboxylic acids is 3. The number of nitrogens with two attached hydrogens (primary N) is 4. The van der Waals surface area contributed by atoms with Crippen molar-refractivity contribution in [3.63, 3.8) is 0 Å². The van der Waals surface area contributed by atoms with E-state index < -0.39 is 54.5 Å². The molecule has 0 aliphatic rings. The summed E-state index contributed by atoms with van der Waals surface area (Å²) in [6.07, 6.45) is 1.97. The highest BCUT2D eigenvalue weighted by atomic mass is 16.4. The Bertz CT molecular complexity index is 926. The molecular formula is C24H40N8O6. The Kier molecular flexibility index (Phi) is 15.0. The number of hydrogen-bond donors (Lipinski definition) is 9. The van der Waals surface area contributed by atoms with Gasteiger partial charge in [0.25, 0.3) is 0 Å². The Morgan fingerprint density at radius 2 is 1.39 bits per heavy atom. The second-order valence-electron chi connectivity index (χ2n) is 8.73. The number of guanidine groups is 1. The average molecular weight is 537 g/mol. The zero-order valence-electron chi connectivity index (χ0n) is 21.3. The van der Waals surface area contributed by atoms with Gasteiger partial charge < -0.3 is 49.1 Å². The minimum absolute atomic E-state index is 0.0586. The van der Waals surface area contributed by atoms with Crippen molar-refractivity contribution in [2.75, 3.05) is 19.7 Å². The number of aliphatic carboxylic acids is 1. The number of rotatable bonds is 18. The number of carboxylic acid groups (broad SMARTS) is 1. The Hall–Kier alpha value is -3.75. The second kappa shape index (κ2) is 17.7. The SMILES string of the molecule is NCCCC[C@H](NC(=O)[C@@H](N)Cc1ccccc1)C(=O)N[C@@H](CCCN=C(N)N)C(=O)N[C@@H](CO)C(=O)O. The zero-order chi connectivity index (χ0) is 28.5. The molecule has 0 aliphatic heterocycles. The monoisotopic (exact) mass is 536 g/mol. The van der Waals surface area contributed by atoms with Gasteiger partial charge >= 0.3 is 5.97 Å². The van der Waals surface area contributed by atoms with Crippen molar-refractivity contribution < 1.29 is 29.4 Å². The number of nitrogens with one attached hydrogen (secondary N) is 3. The van der Waals surface area contributed by atoms with Gasteiger partial charge in [-0.2, -0.15) is 0 Å². The minimum Gasteiger partial charge on any atom is -0.480 e. The smallest absolute Gasteiger partial charge is 0.328 e. The zero-order valence-corrected chi connectivity index (χ0v) is 21.3. The molecule has 14 nitrogen and oxygen atoms in total. The molecule has 0 heterocycles. The lowest BCUT2D eigenvalue weighted by Crippen LogP contribution is -2.57. The van der Waals surface area contributed by atoms with Crippen molar-refractivity contribution in [2.24, 2.45) is 27.9 Å². The average Bonchev–Trinajstić information content (AvgIpc) is 2.88. The maximum absolute atomic E-state index is 13.2. The molecule has 38 heavy (non-hydrogen) atoms. The van der Waals surface area contributed by atoms with E-state index >= 15 is 0 Å². The number of aliphatic hydroxyl groups is 1. The van der Waals surface area contributed by atoms with Gasteiger partial charge in [0.1, 0.15) is 18.1 Å². The molecule has 13 N–H and O–H groups in total. The van der Waals surface area contributed by atoms with Crippen molar-refractivity contribution in [1.29, 1.82) is 0 Å². The van der Waals surface area contributed by atoms with Gasteiger partial charge in [-0.05, 0) is 50.6 Å². The molecule has 1 rings (SSSR count). The number of nitrogens with zero attached hydrogens (tertiary/aromatic N) is 1. The third-order valence-electron chi connectivity index (χ3n) is 5.59. The Morgan fingerprint density at radius 1 is 0.842 bits per heavy atom. The lowest BCUT2D eigenvalue weighted by atomic mass is 10.0. The van der Waals surface area contributed by atoms with Gasteiger partial charge in [-0.1, -0.05) is 30.3 Å². The Labute approximate surface area is 221 Å². The molecule has 0 unspecified atom stereocenters. The van der Waals surface area contributed by atoms with Crippen molar-refractivity contribution in [3.8, 4) is 0 Å². The summed E-state index contributed by atoms with van der Waals surface area (Å²) in [6, 6.07) is 4.49. The molecule has 0 spiro atoms. The highest BCUT2D eigenvalue weighted by Crippen LogP contribution is 2.07. The van der Waals surface area contributed by atoms with Crippen LogP contribution in [-0.4, -0.2) is 83.7 Å². The summed E-state index contributed by atoms with van der Waals surface area (Å²) in [6.45, 7) is -0.286. The van der Waals surface area contributed by atoms with Crippen molar-refractivity contribution in [2.45, 2.75) is 62.7 Å². The predicted molar refractivity (Wildman–Crippen MR) is 141 cm³/mol. The fraction of sp³-hybridized carbons (Fsp3) is 0.542. The molecule has 212 valence electrons. The lowest BCUT2D eigenvalue weighted by Gasteiger charge is -2.25. The van der Waals surface area contributed by atoms with E-state index in [1.54, 1.807) is 0 Å². The summed E-state index contributed by atoms with van der Waals surface area (Å²) in [4.78, 5) is 53.8. The first-order valence-electron chi connectivity index (χ1n) is 12.4. The largest absolute Gasteiger partial charge is 0.480 e. The van der Waals surface area contributed by atoms with Crippen LogP contribution >= 0.6 is 0 Å². The molecule has 0 aliphatic carbocycles. The first kappa shape index (κ1) is 32.3. The number of benzene rings is 1. The van der Waals surface area contributed by atoms with Crippen LogP contribution in [0.15, 0.2) is 35.3 Å². The van der Waals surface area contributed by atoms with E-state index in [4.69, 9.17) is 28.0 Å². The quantitative estimate of drug-likeness (QED) is 0.0531. The van der Waals surface area contributed by atoms with Gasteiger partial charge in [0.05, 0.1) is 12.6 Å². The maximum atomic E-state index is 13.2. The van der Waals surface area contributed by atoms with Gasteiger partial charge in [0.2, 0.25) is 17.7 Å². The number of unbranched alkanes of at least 4 members (excludes halogenated alkanes) is 1. The predicted octanol–water partition coefficient (Wildman–Crippen LogP) is -2.73. The standard InChI is InChI=1S/C24H40N8O6/c25-11-5-4-9-17(30-20(34)16(26)13-15-7-2-1-3-8-15)21(35)31-18(10-6-12-29-24(27)28)22(36)32-19(14-33)23(37)38/h1-3,7-8,16-19,33H,4-6,9-14,25-26H2,(H,30,34)(H,31,35)(H,32,36)(H,37,38)(H4,27,28,29)/t16-,17-,18-,19-/m0/s1. The van der Waals surface area contributed by atoms with Crippen LogP contribution in [0.1, 0.15) is 37.7 Å². The van der Waals surface area contributed by atoms with Crippen LogP contribution in [0.4, 0.5) is 0 Å². The number of aliphatic hydroxyl groups excluding tert-OH is 1. The van der Waals surface area contributed by atoms with Crippen LogP contribution in [0.2, 0.25) is 0 Å². The molecule has 0 fully saturated rings. The van der Waals surface area contributed by atoms with E-state index in [1.807, 2.05) is 30.3 Å². The van der Waals surface area contributed by atoms with Crippen molar-refractivity contribution >= 4 is 29.7 Å². The Balaban J connectivity index is 2.98. The molecule has 0 saturated carbocycles. The first-order chi connectivity index (χ1) is 18.1. The number of hydrogen-bond acceptors (Lipinski definition) is 8. The topological polar surface area (TPSA) is 261 Å². The highest BCUT2D eigenvalue weighted by molar-refractivity contribution is 5.94. The summed E-state index contributed by atoms with van der Waals surface area (Å²) in [5.74, 6) is -3.60. The maximum Gasteiger partial charge on any atom is 0.328 e. The number of amides is 3. The molecule has 14 heteroatoms. The van der Waals surface area contributed by atoms with Crippen LogP contribution in [0.5, 0.6) is 0 Å². The van der Waals surface area contributed by atoms with Crippen LogP contribution < -0.4 is 38.9 Å². The summed E-state index contributed by atoms with van der Waals surface area (Å²) >= 11 is 0. The molecule has 0 bridgehead atoms. The molecule has 1 aromatic carbocycles. The van der Waals surface area contributed by atoms with E-state index in [1.165, 1.54) is 0 Å². The van der Waals surface area contributed by atoms with E-state index in [0.29, 0.717) is 19.4 Å². The third-order valence-corrected chi connectivity index (χ3v) is 5.59. The molecule has 1 aromatic rings. The molecule has 0 aromatic heterocycles. The first-order valence-corrected chi connectivity index (χ1v) is 12.4. The minimum atomic E-state index is -1.56. The number of carbonyl (C=O) groups is 4. The summed E-state index contributed by atoms with van der Waals surface area (Å²) in [5.41, 5.74) is 23.1. The molecular weight excluding hydrogens is 496 g/mol. The van der Waals surface area contributed by atoms with Crippen LogP contribution in [0, 0.1) is 0 Å². The van der Waals surface area contributed by atoms with E-state index in [9.17, 15) is 24.3 Å². The van der Waals surface area contributed by atoms with Gasteiger partial charge in [0, 0.05) is 6.54 Å². The fourth-order valence-electron chi connectivity index (χ4n) is 3.50. The number of carboxylic acids is 1. The van der Waals surface area contributed by atoms with Crippen LogP contribution in [-0.2, 0) is 25.6 Å². The lowest BCUT2D eigenvalue weighted by molar-refractivity contribution is -0.143. The van der Waals surface area contributed by atoms with Crippen molar-refractivity contribution in [1.82, 2.24) is 16.0 Å². The van der Waals surface area contributed by atoms with E-state index in [0.717, 1.165) is 5.56 Å². The van der Waals surface area contributed by atoms with E-state index in [2.05, 4.69) is 20.9 Å². The summed E-state index contributed by atoms with van der Waals surface area (Å²) in [7, 11) is 0. The van der Waals surface area contributed by atoms with Crippen LogP contribution in [0.25, 0.3) is 0 Å². The molecule has 3 amide bonds. The summed E-state index contributed by atoms with van der Waals surface area (Å²) < 4.78 is 0. The highest BCUT2D eigenvalue weighted by Gasteiger charge is 2.30. The van der Waals surface area contributed by atoms with Gasteiger partial charge in [-0.15, -0.1) is 0 Å². The fourth-order valence-corrected chi connectivity index (χ4v) is 3.50. The van der Waals surface area contributed by atoms with Gasteiger partial charge in [0.15, 0.2) is 5.96 Å². The molecule has 4 atom stereocenters. The Morgan fingerprint density at radius 3 is 1.92 bits per heavy atom. The molecule has 0 radical (unpaired) electrons. The molecule has 0 saturated heterocycles. The third kappa shape index (κ3) is 12.5. The summed E-state index contributed by atoms with van der Waals surface area (Å²) in [5, 5.41) is 25.8. The van der Waals surface area contributed by atoms with Gasteiger partial charge in [-0.3, -0.25) is 19.4 Å². The second-order valence-corrected chi connectivity index (χ2v) is 8.73. The normalized spacial score (nSPS) is 13.9. The van der Waals surface area contributed by atoms with Crippen LogP contribution in [0.3, 0.4) is 0 Å². The van der Waals surface area contributed by atoms with Crippen molar-refractivity contribution in [3.05, 3.63) is 35.9 Å². The van der Waals surface area contributed by atoms with E-state index in [-0.39, 0.29) is 38.2 Å².